The molecule has 2 unspecified atom stereocenters. The Morgan fingerprint density at radius 3 is 2.72 bits per heavy atom. The van der Waals surface area contributed by atoms with E-state index < -0.39 is 29.4 Å². The van der Waals surface area contributed by atoms with E-state index >= 15 is 0 Å². The summed E-state index contributed by atoms with van der Waals surface area (Å²) in [4.78, 5) is 37.1. The zero-order chi connectivity index (χ0) is 23.3. The molecule has 0 aromatic heterocycles. The summed E-state index contributed by atoms with van der Waals surface area (Å²) in [6, 6.07) is 0. The highest BCUT2D eigenvalue weighted by Gasteiger charge is 2.67. The number of aliphatic hydroxyl groups excluding tert-OH is 1. The van der Waals surface area contributed by atoms with Gasteiger partial charge in [0.05, 0.1) is 0 Å². The van der Waals surface area contributed by atoms with Gasteiger partial charge < -0.3 is 14.9 Å². The van der Waals surface area contributed by atoms with Crippen LogP contribution in [0.4, 0.5) is 0 Å². The topological polar surface area (TPSA) is 101 Å². The van der Waals surface area contributed by atoms with Crippen LogP contribution in [-0.2, 0) is 19.1 Å². The molecule has 0 aliphatic heterocycles. The molecule has 2 saturated carbocycles. The Labute approximate surface area is 190 Å². The van der Waals surface area contributed by atoms with Gasteiger partial charge >= 0.3 is 5.97 Å². The molecular formula is C26H36O6. The van der Waals surface area contributed by atoms with Crippen LogP contribution in [0.1, 0.15) is 72.1 Å². The fourth-order valence-electron chi connectivity index (χ4n) is 7.35. The highest BCUT2D eigenvalue weighted by atomic mass is 16.5. The SMILES string of the molecule is C[C@H]1CC2C3CCC4=CC(=O)CC[C@]4(C)C3=CC[C@]2(C)[C@@]1(O)C(=O)COC(=O)CCCO. The van der Waals surface area contributed by atoms with Gasteiger partial charge in [-0.2, -0.15) is 0 Å². The zero-order valence-corrected chi connectivity index (χ0v) is 19.5. The minimum atomic E-state index is -1.55. The van der Waals surface area contributed by atoms with Gasteiger partial charge in [-0.25, -0.2) is 0 Å². The summed E-state index contributed by atoms with van der Waals surface area (Å²) in [5, 5.41) is 20.7. The van der Waals surface area contributed by atoms with E-state index in [2.05, 4.69) is 13.0 Å². The minimum absolute atomic E-state index is 0.0583. The monoisotopic (exact) mass is 444 g/mol. The summed E-state index contributed by atoms with van der Waals surface area (Å²) in [6.45, 7) is 5.68. The summed E-state index contributed by atoms with van der Waals surface area (Å²) in [7, 11) is 0. The van der Waals surface area contributed by atoms with E-state index in [9.17, 15) is 19.5 Å². The molecule has 4 rings (SSSR count). The van der Waals surface area contributed by atoms with Gasteiger partial charge in [0, 0.05) is 30.3 Å². The van der Waals surface area contributed by atoms with E-state index in [4.69, 9.17) is 9.84 Å². The molecule has 32 heavy (non-hydrogen) atoms. The van der Waals surface area contributed by atoms with Crippen molar-refractivity contribution < 1.29 is 29.3 Å². The normalized spacial score (nSPS) is 40.5. The van der Waals surface area contributed by atoms with Crippen molar-refractivity contribution in [2.24, 2.45) is 28.6 Å². The lowest BCUT2D eigenvalue weighted by atomic mass is 9.50. The van der Waals surface area contributed by atoms with Crippen LogP contribution in [0, 0.1) is 28.6 Å². The minimum Gasteiger partial charge on any atom is -0.458 e. The molecule has 0 spiro atoms. The van der Waals surface area contributed by atoms with Crippen LogP contribution in [0.3, 0.4) is 0 Å². The van der Waals surface area contributed by atoms with E-state index in [0.29, 0.717) is 25.2 Å². The summed E-state index contributed by atoms with van der Waals surface area (Å²) < 4.78 is 5.15. The van der Waals surface area contributed by atoms with Crippen molar-refractivity contribution in [2.75, 3.05) is 13.2 Å². The number of aliphatic hydroxyl groups is 2. The first kappa shape index (κ1) is 23.4. The van der Waals surface area contributed by atoms with Gasteiger partial charge in [0.25, 0.3) is 0 Å². The number of hydrogen-bond donors (Lipinski definition) is 2. The molecular weight excluding hydrogens is 408 g/mol. The lowest BCUT2D eigenvalue weighted by Gasteiger charge is -2.54. The van der Waals surface area contributed by atoms with Crippen LogP contribution in [0.2, 0.25) is 0 Å². The summed E-state index contributed by atoms with van der Waals surface area (Å²) in [5.74, 6) is -0.490. The average molecular weight is 445 g/mol. The summed E-state index contributed by atoms with van der Waals surface area (Å²) in [5.41, 5.74) is 0.388. The molecule has 0 aromatic carbocycles. The smallest absolute Gasteiger partial charge is 0.306 e. The number of carbonyl (C=O) groups is 3. The molecule has 6 heteroatoms. The molecule has 0 heterocycles. The Bertz CT molecular complexity index is 887. The molecule has 0 aromatic rings. The molecule has 0 saturated heterocycles. The highest BCUT2D eigenvalue weighted by Crippen LogP contribution is 2.66. The summed E-state index contributed by atoms with van der Waals surface area (Å²) >= 11 is 0. The van der Waals surface area contributed by atoms with E-state index in [1.807, 2.05) is 19.9 Å². The van der Waals surface area contributed by atoms with Crippen LogP contribution < -0.4 is 0 Å². The van der Waals surface area contributed by atoms with Gasteiger partial charge in [0.2, 0.25) is 5.78 Å². The number of ketones is 2. The number of hydrogen-bond acceptors (Lipinski definition) is 6. The molecule has 0 radical (unpaired) electrons. The predicted molar refractivity (Wildman–Crippen MR) is 118 cm³/mol. The van der Waals surface area contributed by atoms with E-state index in [1.165, 1.54) is 11.1 Å². The second-order valence-corrected chi connectivity index (χ2v) is 10.8. The number of ether oxygens (including phenoxy) is 1. The van der Waals surface area contributed by atoms with Crippen molar-refractivity contribution in [2.45, 2.75) is 77.7 Å². The first-order chi connectivity index (χ1) is 15.1. The van der Waals surface area contributed by atoms with Gasteiger partial charge in [0.15, 0.2) is 12.4 Å². The average Bonchev–Trinajstić information content (AvgIpc) is 2.98. The van der Waals surface area contributed by atoms with Gasteiger partial charge in [-0.05, 0) is 62.4 Å². The van der Waals surface area contributed by atoms with Crippen molar-refractivity contribution in [3.05, 3.63) is 23.3 Å². The standard InChI is InChI=1S/C26H36O6/c1-16-13-21-19-7-6-17-14-18(28)8-10-24(17,2)20(19)9-11-25(21,3)26(16,31)22(29)15-32-23(30)5-4-12-27/h9,14,16,19,21,27,31H,4-8,10-13,15H2,1-3H3/t16-,19?,21?,24-,25-,26-/m0/s1. The predicted octanol–water partition coefficient (Wildman–Crippen LogP) is 3.30. The Morgan fingerprint density at radius 1 is 1.25 bits per heavy atom. The fourth-order valence-corrected chi connectivity index (χ4v) is 7.35. The second-order valence-electron chi connectivity index (χ2n) is 10.8. The Kier molecular flexibility index (Phi) is 6.00. The number of allylic oxidation sites excluding steroid dienone is 4. The van der Waals surface area contributed by atoms with Crippen molar-refractivity contribution >= 4 is 17.5 Å². The van der Waals surface area contributed by atoms with Crippen molar-refractivity contribution in [3.8, 4) is 0 Å². The Hall–Kier alpha value is -1.79. The quantitative estimate of drug-likeness (QED) is 0.482. The third-order valence-electron chi connectivity index (χ3n) is 9.25. The number of rotatable bonds is 6. The van der Waals surface area contributed by atoms with Crippen LogP contribution in [0.15, 0.2) is 23.3 Å². The Morgan fingerprint density at radius 2 is 2.00 bits per heavy atom. The lowest BCUT2D eigenvalue weighted by molar-refractivity contribution is -0.168. The van der Waals surface area contributed by atoms with Crippen LogP contribution >= 0.6 is 0 Å². The molecule has 4 aliphatic rings. The van der Waals surface area contributed by atoms with E-state index in [1.54, 1.807) is 0 Å². The summed E-state index contributed by atoms with van der Waals surface area (Å²) in [6.07, 6.45) is 9.06. The molecule has 0 bridgehead atoms. The van der Waals surface area contributed by atoms with Gasteiger partial charge in [-0.1, -0.05) is 38.0 Å². The number of esters is 1. The second kappa shape index (κ2) is 8.21. The number of fused-ring (bicyclic) bond motifs is 5. The Balaban J connectivity index is 1.59. The maximum Gasteiger partial charge on any atom is 0.306 e. The first-order valence-corrected chi connectivity index (χ1v) is 12.0. The molecule has 2 N–H and O–H groups in total. The lowest BCUT2D eigenvalue weighted by Crippen LogP contribution is -2.57. The van der Waals surface area contributed by atoms with Gasteiger partial charge in [-0.3, -0.25) is 14.4 Å². The molecule has 6 atom stereocenters. The van der Waals surface area contributed by atoms with Crippen molar-refractivity contribution in [3.63, 3.8) is 0 Å². The molecule has 2 fully saturated rings. The zero-order valence-electron chi connectivity index (χ0n) is 19.5. The molecule has 6 nitrogen and oxygen atoms in total. The van der Waals surface area contributed by atoms with Crippen LogP contribution in [-0.4, -0.2) is 46.6 Å². The third kappa shape index (κ3) is 3.33. The maximum absolute atomic E-state index is 13.3. The largest absolute Gasteiger partial charge is 0.458 e. The molecule has 176 valence electrons. The van der Waals surface area contributed by atoms with E-state index in [0.717, 1.165) is 25.7 Å². The van der Waals surface area contributed by atoms with Crippen LogP contribution in [0.25, 0.3) is 0 Å². The fraction of sp³-hybridized carbons (Fsp3) is 0.731. The van der Waals surface area contributed by atoms with Gasteiger partial charge in [-0.15, -0.1) is 0 Å². The third-order valence-corrected chi connectivity index (χ3v) is 9.25. The molecule has 0 amide bonds. The van der Waals surface area contributed by atoms with Crippen molar-refractivity contribution in [1.29, 1.82) is 0 Å². The van der Waals surface area contributed by atoms with Gasteiger partial charge in [0.1, 0.15) is 5.60 Å². The molecule has 4 aliphatic carbocycles. The highest BCUT2D eigenvalue weighted by molar-refractivity contribution is 5.92. The number of Topliss-reactive ketones (excluding diaryl/α,β-unsaturated/α-hetero) is 1. The number of carbonyl (C=O) groups excluding carboxylic acids is 3. The maximum atomic E-state index is 13.3. The van der Waals surface area contributed by atoms with Crippen LogP contribution in [0.5, 0.6) is 0 Å². The van der Waals surface area contributed by atoms with Crippen molar-refractivity contribution in [1.82, 2.24) is 0 Å². The van der Waals surface area contributed by atoms with E-state index in [-0.39, 0.29) is 36.1 Å². The first-order valence-electron chi connectivity index (χ1n) is 12.0.